The second-order valence-electron chi connectivity index (χ2n) is 5.50. The molecule has 1 N–H and O–H groups in total. The Morgan fingerprint density at radius 1 is 1.19 bits per heavy atom. The largest absolute Gasteiger partial charge is 0.389 e. The number of ether oxygens (including phenoxy) is 1. The van der Waals surface area contributed by atoms with E-state index in [0.29, 0.717) is 19.8 Å². The van der Waals surface area contributed by atoms with Crippen LogP contribution in [0.15, 0.2) is 41.8 Å². The van der Waals surface area contributed by atoms with Crippen LogP contribution in [0, 0.1) is 0 Å². The lowest BCUT2D eigenvalue weighted by atomic mass is 10.00. The third-order valence-electron chi connectivity index (χ3n) is 3.81. The topological polar surface area (TPSA) is 32.7 Å². The molecule has 2 heterocycles. The van der Waals surface area contributed by atoms with Gasteiger partial charge in [0.2, 0.25) is 0 Å². The third kappa shape index (κ3) is 4.14. The summed E-state index contributed by atoms with van der Waals surface area (Å²) < 4.78 is 5.58. The number of thiophene rings is 1. The summed E-state index contributed by atoms with van der Waals surface area (Å²) in [6.07, 6.45) is 0.647. The Labute approximate surface area is 129 Å². The van der Waals surface area contributed by atoms with Gasteiger partial charge >= 0.3 is 0 Å². The van der Waals surface area contributed by atoms with Gasteiger partial charge in [-0.3, -0.25) is 4.90 Å². The fourth-order valence-corrected chi connectivity index (χ4v) is 3.39. The molecule has 21 heavy (non-hydrogen) atoms. The van der Waals surface area contributed by atoms with E-state index in [2.05, 4.69) is 35.2 Å². The molecule has 0 unspecified atom stereocenters. The average Bonchev–Trinajstić information content (AvgIpc) is 3.00. The maximum atomic E-state index is 10.1. The Bertz CT molecular complexity index is 556. The predicted octanol–water partition coefficient (Wildman–Crippen LogP) is 2.68. The minimum atomic E-state index is -0.421. The van der Waals surface area contributed by atoms with Gasteiger partial charge < -0.3 is 9.84 Å². The van der Waals surface area contributed by atoms with Crippen LogP contribution in [0.1, 0.15) is 16.0 Å². The number of rotatable bonds is 6. The average molecular weight is 303 g/mol. The summed E-state index contributed by atoms with van der Waals surface area (Å²) in [5.74, 6) is 0. The molecule has 112 valence electrons. The fraction of sp³-hybridized carbons (Fsp3) is 0.412. The van der Waals surface area contributed by atoms with E-state index in [0.717, 1.165) is 19.5 Å². The first-order valence-electron chi connectivity index (χ1n) is 7.38. The first-order chi connectivity index (χ1) is 10.3. The lowest BCUT2D eigenvalue weighted by Gasteiger charge is -2.30. The summed E-state index contributed by atoms with van der Waals surface area (Å²) in [6, 6.07) is 12.6. The van der Waals surface area contributed by atoms with Crippen molar-refractivity contribution in [3.63, 3.8) is 0 Å². The van der Waals surface area contributed by atoms with E-state index in [1.165, 1.54) is 16.0 Å². The van der Waals surface area contributed by atoms with Crippen LogP contribution in [0.4, 0.5) is 0 Å². The molecule has 3 nitrogen and oxygen atoms in total. The van der Waals surface area contributed by atoms with Crippen LogP contribution in [-0.2, 0) is 24.3 Å². The van der Waals surface area contributed by atoms with Crippen LogP contribution in [0.3, 0.4) is 0 Å². The summed E-state index contributed by atoms with van der Waals surface area (Å²) in [6.45, 7) is 3.61. The summed E-state index contributed by atoms with van der Waals surface area (Å²) >= 11 is 1.69. The number of fused-ring (bicyclic) bond motifs is 1. The molecule has 2 aromatic rings. The maximum absolute atomic E-state index is 10.1. The molecule has 0 bridgehead atoms. The first kappa shape index (κ1) is 14.7. The van der Waals surface area contributed by atoms with Crippen LogP contribution in [-0.4, -0.2) is 35.8 Å². The van der Waals surface area contributed by atoms with E-state index in [9.17, 15) is 5.11 Å². The van der Waals surface area contributed by atoms with Crippen molar-refractivity contribution in [3.8, 4) is 0 Å². The van der Waals surface area contributed by atoms with Crippen LogP contribution in [0.5, 0.6) is 0 Å². The maximum Gasteiger partial charge on any atom is 0.0900 e. The molecule has 0 fully saturated rings. The van der Waals surface area contributed by atoms with Gasteiger partial charge in [-0.05, 0) is 29.0 Å². The molecule has 4 heteroatoms. The first-order valence-corrected chi connectivity index (χ1v) is 8.26. The molecule has 1 aromatic heterocycles. The molecule has 0 saturated carbocycles. The number of aliphatic hydroxyl groups excluding tert-OH is 1. The van der Waals surface area contributed by atoms with Crippen molar-refractivity contribution in [3.05, 3.63) is 57.8 Å². The van der Waals surface area contributed by atoms with Gasteiger partial charge in [-0.2, -0.15) is 0 Å². The highest BCUT2D eigenvalue weighted by Crippen LogP contribution is 2.18. The summed E-state index contributed by atoms with van der Waals surface area (Å²) in [4.78, 5) is 3.51. The fourth-order valence-electron chi connectivity index (χ4n) is 2.75. The summed E-state index contributed by atoms with van der Waals surface area (Å²) in [7, 11) is 0. The molecule has 0 saturated heterocycles. The van der Waals surface area contributed by atoms with Crippen molar-refractivity contribution in [1.82, 2.24) is 4.90 Å². The van der Waals surface area contributed by atoms with Crippen LogP contribution < -0.4 is 0 Å². The predicted molar refractivity (Wildman–Crippen MR) is 85.4 cm³/mol. The standard InChI is InChI=1S/C17H21NO2S/c19-16(12-20-13-17-6-3-9-21-17)11-18-8-7-14-4-1-2-5-15(14)10-18/h1-6,9,16,19H,7-8,10-13H2/t16-/m0/s1. The molecule has 1 aliphatic heterocycles. The molecule has 1 atom stereocenters. The van der Waals surface area contributed by atoms with Gasteiger partial charge in [0, 0.05) is 24.5 Å². The van der Waals surface area contributed by atoms with E-state index in [1.54, 1.807) is 11.3 Å². The molecule has 0 amide bonds. The monoisotopic (exact) mass is 303 g/mol. The molecule has 0 radical (unpaired) electrons. The van der Waals surface area contributed by atoms with Gasteiger partial charge in [-0.15, -0.1) is 11.3 Å². The second kappa shape index (κ2) is 7.18. The smallest absolute Gasteiger partial charge is 0.0900 e. The van der Waals surface area contributed by atoms with Crippen molar-refractivity contribution in [1.29, 1.82) is 0 Å². The lowest BCUT2D eigenvalue weighted by Crippen LogP contribution is -2.38. The minimum absolute atomic E-state index is 0.399. The highest BCUT2D eigenvalue weighted by atomic mass is 32.1. The van der Waals surface area contributed by atoms with E-state index in [1.807, 2.05) is 11.4 Å². The number of β-amino-alcohol motifs (C(OH)–C–C–N with tert-alkyl or cyclic N) is 1. The quantitative estimate of drug-likeness (QED) is 0.890. The second-order valence-corrected chi connectivity index (χ2v) is 6.53. The van der Waals surface area contributed by atoms with E-state index in [-0.39, 0.29) is 0 Å². The zero-order valence-electron chi connectivity index (χ0n) is 12.1. The van der Waals surface area contributed by atoms with Gasteiger partial charge in [0.25, 0.3) is 0 Å². The highest BCUT2D eigenvalue weighted by molar-refractivity contribution is 7.09. The molecule has 1 aromatic carbocycles. The Balaban J connectivity index is 1.42. The zero-order valence-corrected chi connectivity index (χ0v) is 12.9. The molecule has 0 spiro atoms. The number of aliphatic hydroxyl groups is 1. The zero-order chi connectivity index (χ0) is 14.5. The number of nitrogens with zero attached hydrogens (tertiary/aromatic N) is 1. The molecule has 1 aliphatic rings. The Hall–Kier alpha value is -1.20. The van der Waals surface area contributed by atoms with Gasteiger partial charge in [0.15, 0.2) is 0 Å². The number of hydrogen-bond donors (Lipinski definition) is 1. The number of hydrogen-bond acceptors (Lipinski definition) is 4. The van der Waals surface area contributed by atoms with Crippen molar-refractivity contribution in [2.24, 2.45) is 0 Å². The molecule has 3 rings (SSSR count). The van der Waals surface area contributed by atoms with Gasteiger partial charge in [0.1, 0.15) is 0 Å². The van der Waals surface area contributed by atoms with Crippen LogP contribution >= 0.6 is 11.3 Å². The SMILES string of the molecule is O[C@H](COCc1cccs1)CN1CCc2ccccc2C1. The lowest BCUT2D eigenvalue weighted by molar-refractivity contribution is 0.00850. The van der Waals surface area contributed by atoms with E-state index < -0.39 is 6.10 Å². The van der Waals surface area contributed by atoms with Crippen molar-refractivity contribution < 1.29 is 9.84 Å². The van der Waals surface area contributed by atoms with Crippen molar-refractivity contribution >= 4 is 11.3 Å². The van der Waals surface area contributed by atoms with E-state index in [4.69, 9.17) is 4.74 Å². The Morgan fingerprint density at radius 2 is 2.05 bits per heavy atom. The van der Waals surface area contributed by atoms with Gasteiger partial charge in [-0.25, -0.2) is 0 Å². The van der Waals surface area contributed by atoms with Crippen LogP contribution in [0.2, 0.25) is 0 Å². The van der Waals surface area contributed by atoms with Crippen LogP contribution in [0.25, 0.3) is 0 Å². The Morgan fingerprint density at radius 3 is 2.86 bits per heavy atom. The Kier molecular flexibility index (Phi) is 5.04. The minimum Gasteiger partial charge on any atom is -0.389 e. The van der Waals surface area contributed by atoms with E-state index >= 15 is 0 Å². The van der Waals surface area contributed by atoms with Gasteiger partial charge in [-0.1, -0.05) is 30.3 Å². The molecular formula is C17H21NO2S. The number of benzene rings is 1. The van der Waals surface area contributed by atoms with Crippen molar-refractivity contribution in [2.45, 2.75) is 25.7 Å². The third-order valence-corrected chi connectivity index (χ3v) is 4.66. The highest BCUT2D eigenvalue weighted by Gasteiger charge is 2.18. The van der Waals surface area contributed by atoms with Crippen molar-refractivity contribution in [2.75, 3.05) is 19.7 Å². The molecular weight excluding hydrogens is 282 g/mol. The molecule has 0 aliphatic carbocycles. The normalized spacial score (nSPS) is 16.6. The van der Waals surface area contributed by atoms with Gasteiger partial charge in [0.05, 0.1) is 19.3 Å². The summed E-state index contributed by atoms with van der Waals surface area (Å²) in [5, 5.41) is 12.2. The summed E-state index contributed by atoms with van der Waals surface area (Å²) in [5.41, 5.74) is 2.83.